The SMILES string of the molecule is COc1cnc(OC(=O)Nc2ccc(F)c([C@]3(C(F)F)COCC(N)=N3)c2)c(OC)c1. The second kappa shape index (κ2) is 9.08. The van der Waals surface area contributed by atoms with Crippen molar-refractivity contribution in [2.75, 3.05) is 32.8 Å². The van der Waals surface area contributed by atoms with E-state index in [1.165, 1.54) is 32.5 Å². The second-order valence-corrected chi connectivity index (χ2v) is 6.41. The molecule has 0 aliphatic carbocycles. The smallest absolute Gasteiger partial charge is 0.418 e. The molecule has 166 valence electrons. The maximum Gasteiger partial charge on any atom is 0.418 e. The molecule has 1 atom stereocenters. The number of pyridine rings is 1. The first-order valence-corrected chi connectivity index (χ1v) is 8.86. The summed E-state index contributed by atoms with van der Waals surface area (Å²) in [5.74, 6) is -0.818. The van der Waals surface area contributed by atoms with Gasteiger partial charge in [0.2, 0.25) is 0 Å². The van der Waals surface area contributed by atoms with Gasteiger partial charge in [-0.1, -0.05) is 0 Å². The third-order valence-electron chi connectivity index (χ3n) is 4.39. The topological polar surface area (TPSA) is 117 Å². The van der Waals surface area contributed by atoms with Crippen LogP contribution < -0.4 is 25.3 Å². The number of alkyl halides is 2. The van der Waals surface area contributed by atoms with Crippen molar-refractivity contribution >= 4 is 17.6 Å². The van der Waals surface area contributed by atoms with Crippen molar-refractivity contribution in [3.8, 4) is 17.4 Å². The van der Waals surface area contributed by atoms with Crippen molar-refractivity contribution in [1.29, 1.82) is 0 Å². The molecule has 0 unspecified atom stereocenters. The molecule has 0 radical (unpaired) electrons. The molecule has 2 heterocycles. The Morgan fingerprint density at radius 2 is 2.06 bits per heavy atom. The number of hydrogen-bond donors (Lipinski definition) is 2. The Morgan fingerprint density at radius 1 is 1.29 bits per heavy atom. The minimum absolute atomic E-state index is 0.0201. The van der Waals surface area contributed by atoms with E-state index in [1.807, 2.05) is 0 Å². The number of aliphatic imine (C=N–C) groups is 1. The Kier molecular flexibility index (Phi) is 6.49. The first kappa shape index (κ1) is 22.2. The fourth-order valence-electron chi connectivity index (χ4n) is 2.91. The van der Waals surface area contributed by atoms with E-state index in [-0.39, 0.29) is 29.8 Å². The summed E-state index contributed by atoms with van der Waals surface area (Å²) in [6, 6.07) is 4.56. The summed E-state index contributed by atoms with van der Waals surface area (Å²) in [6.07, 6.45) is -2.82. The molecule has 0 saturated carbocycles. The van der Waals surface area contributed by atoms with E-state index in [0.29, 0.717) is 5.75 Å². The van der Waals surface area contributed by atoms with Crippen LogP contribution in [0.15, 0.2) is 35.5 Å². The van der Waals surface area contributed by atoms with Gasteiger partial charge in [-0.15, -0.1) is 0 Å². The zero-order valence-corrected chi connectivity index (χ0v) is 16.5. The van der Waals surface area contributed by atoms with E-state index in [9.17, 15) is 18.0 Å². The second-order valence-electron chi connectivity index (χ2n) is 6.41. The van der Waals surface area contributed by atoms with Gasteiger partial charge < -0.3 is 24.7 Å². The molecule has 31 heavy (non-hydrogen) atoms. The number of anilines is 1. The largest absolute Gasteiger partial charge is 0.495 e. The van der Waals surface area contributed by atoms with Crippen LogP contribution in [0.25, 0.3) is 0 Å². The monoisotopic (exact) mass is 440 g/mol. The Morgan fingerprint density at radius 3 is 2.71 bits per heavy atom. The quantitative estimate of drug-likeness (QED) is 0.709. The molecule has 0 bridgehead atoms. The minimum Gasteiger partial charge on any atom is -0.495 e. The van der Waals surface area contributed by atoms with Gasteiger partial charge in [-0.2, -0.15) is 0 Å². The predicted molar refractivity (Wildman–Crippen MR) is 104 cm³/mol. The number of nitrogens with zero attached hydrogens (tertiary/aromatic N) is 2. The third kappa shape index (κ3) is 4.63. The molecule has 0 fully saturated rings. The first-order chi connectivity index (χ1) is 14.8. The summed E-state index contributed by atoms with van der Waals surface area (Å²) in [6.45, 7) is -0.722. The van der Waals surface area contributed by atoms with Crippen molar-refractivity contribution < 1.29 is 36.9 Å². The highest BCUT2D eigenvalue weighted by Gasteiger charge is 2.46. The summed E-state index contributed by atoms with van der Waals surface area (Å²) in [5, 5.41) is 2.32. The lowest BCUT2D eigenvalue weighted by molar-refractivity contribution is -0.0145. The van der Waals surface area contributed by atoms with Gasteiger partial charge in [-0.05, 0) is 18.2 Å². The van der Waals surface area contributed by atoms with Gasteiger partial charge in [0, 0.05) is 17.3 Å². The molecule has 2 aromatic rings. The van der Waals surface area contributed by atoms with E-state index in [4.69, 9.17) is 24.7 Å². The molecular formula is C19H19F3N4O5. The first-order valence-electron chi connectivity index (χ1n) is 8.86. The summed E-state index contributed by atoms with van der Waals surface area (Å²) >= 11 is 0. The fourth-order valence-corrected chi connectivity index (χ4v) is 2.91. The van der Waals surface area contributed by atoms with Gasteiger partial charge in [0.25, 0.3) is 12.3 Å². The molecule has 0 spiro atoms. The third-order valence-corrected chi connectivity index (χ3v) is 4.39. The molecular weight excluding hydrogens is 421 g/mol. The van der Waals surface area contributed by atoms with Crippen LogP contribution in [0.3, 0.4) is 0 Å². The van der Waals surface area contributed by atoms with Crippen LogP contribution in [0.5, 0.6) is 17.4 Å². The number of rotatable bonds is 6. The standard InChI is InChI=1S/C19H19F3N4O5/c1-28-11-6-14(29-2)16(24-7-11)31-18(27)25-10-3-4-13(20)12(5-10)19(17(21)22)9-30-8-15(23)26-19/h3-7,17H,8-9H2,1-2H3,(H2,23,26)(H,25,27)/t19-/m0/s1. The van der Waals surface area contributed by atoms with Crippen molar-refractivity contribution in [3.05, 3.63) is 41.8 Å². The van der Waals surface area contributed by atoms with Crippen LogP contribution in [0.2, 0.25) is 0 Å². The molecule has 1 amide bonds. The average Bonchev–Trinajstić information content (AvgIpc) is 2.75. The fraction of sp³-hybridized carbons (Fsp3) is 0.316. The number of amidine groups is 1. The van der Waals surface area contributed by atoms with Crippen LogP contribution in [0, 0.1) is 5.82 Å². The highest BCUT2D eigenvalue weighted by atomic mass is 19.3. The number of amides is 1. The summed E-state index contributed by atoms with van der Waals surface area (Å²) in [4.78, 5) is 19.9. The molecule has 12 heteroatoms. The number of ether oxygens (including phenoxy) is 4. The normalized spacial score (nSPS) is 18.3. The van der Waals surface area contributed by atoms with Crippen molar-refractivity contribution in [2.24, 2.45) is 10.7 Å². The van der Waals surface area contributed by atoms with Crippen LogP contribution in [0.1, 0.15) is 5.56 Å². The molecule has 1 aromatic heterocycles. The molecule has 1 aromatic carbocycles. The number of hydrogen-bond acceptors (Lipinski definition) is 8. The number of benzene rings is 1. The summed E-state index contributed by atoms with van der Waals surface area (Å²) in [7, 11) is 2.77. The zero-order valence-electron chi connectivity index (χ0n) is 16.5. The highest BCUT2D eigenvalue weighted by Crippen LogP contribution is 2.38. The zero-order chi connectivity index (χ0) is 22.6. The van der Waals surface area contributed by atoms with Gasteiger partial charge >= 0.3 is 6.09 Å². The van der Waals surface area contributed by atoms with Crippen LogP contribution >= 0.6 is 0 Å². The number of nitrogens with two attached hydrogens (primary N) is 1. The van der Waals surface area contributed by atoms with Crippen LogP contribution in [0.4, 0.5) is 23.7 Å². The van der Waals surface area contributed by atoms with Gasteiger partial charge in [0.1, 0.15) is 24.0 Å². The van der Waals surface area contributed by atoms with E-state index in [1.54, 1.807) is 0 Å². The van der Waals surface area contributed by atoms with Gasteiger partial charge in [0.15, 0.2) is 11.3 Å². The number of methoxy groups -OCH3 is 2. The summed E-state index contributed by atoms with van der Waals surface area (Å²) < 4.78 is 62.5. The number of aromatic nitrogens is 1. The highest BCUT2D eigenvalue weighted by molar-refractivity contribution is 5.87. The van der Waals surface area contributed by atoms with Gasteiger partial charge in [-0.3, -0.25) is 10.3 Å². The maximum absolute atomic E-state index is 14.5. The lowest BCUT2D eigenvalue weighted by Crippen LogP contribution is -2.45. The van der Waals surface area contributed by atoms with Crippen LogP contribution in [-0.2, 0) is 10.3 Å². The van der Waals surface area contributed by atoms with Crippen LogP contribution in [-0.4, -0.2) is 50.8 Å². The van der Waals surface area contributed by atoms with E-state index in [2.05, 4.69) is 15.3 Å². The number of nitrogens with one attached hydrogen (secondary N) is 1. The lowest BCUT2D eigenvalue weighted by atomic mass is 9.90. The molecule has 1 aliphatic heterocycles. The molecule has 1 aliphatic rings. The Balaban J connectivity index is 1.85. The Bertz CT molecular complexity index is 1000. The molecule has 9 nitrogen and oxygen atoms in total. The molecule has 0 saturated heterocycles. The Labute approximate surface area is 175 Å². The number of halogens is 3. The summed E-state index contributed by atoms with van der Waals surface area (Å²) in [5.41, 5.74) is 2.70. The van der Waals surface area contributed by atoms with Gasteiger partial charge in [-0.25, -0.2) is 22.9 Å². The average molecular weight is 440 g/mol. The number of carbonyl (C=O) groups is 1. The Hall–Kier alpha value is -3.54. The molecule has 3 rings (SSSR count). The van der Waals surface area contributed by atoms with E-state index >= 15 is 0 Å². The van der Waals surface area contributed by atoms with Gasteiger partial charge in [0.05, 0.1) is 27.0 Å². The van der Waals surface area contributed by atoms with Crippen molar-refractivity contribution in [3.63, 3.8) is 0 Å². The number of carbonyl (C=O) groups excluding carboxylic acids is 1. The van der Waals surface area contributed by atoms with E-state index < -0.39 is 36.0 Å². The maximum atomic E-state index is 14.5. The van der Waals surface area contributed by atoms with Crippen molar-refractivity contribution in [1.82, 2.24) is 4.98 Å². The van der Waals surface area contributed by atoms with Crippen molar-refractivity contribution in [2.45, 2.75) is 12.0 Å². The van der Waals surface area contributed by atoms with E-state index in [0.717, 1.165) is 12.1 Å². The lowest BCUT2D eigenvalue weighted by Gasteiger charge is -2.33. The predicted octanol–water partition coefficient (Wildman–Crippen LogP) is 2.70. The molecule has 3 N–H and O–H groups in total. The minimum atomic E-state index is -3.11.